The highest BCUT2D eigenvalue weighted by Gasteiger charge is 2.25. The molecule has 0 bridgehead atoms. The maximum Gasteiger partial charge on any atom is 0.234 e. The molecule has 32 heavy (non-hydrogen) atoms. The number of aryl methyl sites for hydroxylation is 2. The van der Waals surface area contributed by atoms with Crippen molar-refractivity contribution in [2.45, 2.75) is 45.2 Å². The fourth-order valence-electron chi connectivity index (χ4n) is 4.18. The van der Waals surface area contributed by atoms with Crippen LogP contribution < -0.4 is 5.32 Å². The predicted octanol–water partition coefficient (Wildman–Crippen LogP) is 4.71. The van der Waals surface area contributed by atoms with Gasteiger partial charge in [-0.15, -0.1) is 21.5 Å². The Morgan fingerprint density at radius 2 is 2.03 bits per heavy atom. The Morgan fingerprint density at radius 1 is 1.25 bits per heavy atom. The zero-order valence-corrected chi connectivity index (χ0v) is 19.8. The number of carbonyl (C=O) groups excluding carboxylic acids is 2. The molecule has 1 atom stereocenters. The van der Waals surface area contributed by atoms with E-state index in [1.807, 2.05) is 11.3 Å². The summed E-state index contributed by atoms with van der Waals surface area (Å²) in [5, 5.41) is 13.5. The second kappa shape index (κ2) is 8.29. The van der Waals surface area contributed by atoms with Gasteiger partial charge in [-0.2, -0.15) is 0 Å². The molecule has 7 nitrogen and oxygen atoms in total. The number of nitrogens with one attached hydrogen (secondary N) is 1. The van der Waals surface area contributed by atoms with Crippen molar-refractivity contribution >= 4 is 56.3 Å². The van der Waals surface area contributed by atoms with Crippen LogP contribution in [0.5, 0.6) is 0 Å². The maximum absolute atomic E-state index is 12.5. The highest BCUT2D eigenvalue weighted by atomic mass is 32.2. The van der Waals surface area contributed by atoms with Gasteiger partial charge in [-0.05, 0) is 68.9 Å². The third-order valence-electron chi connectivity index (χ3n) is 5.84. The number of fused-ring (bicyclic) bond motifs is 5. The number of amides is 1. The van der Waals surface area contributed by atoms with Crippen LogP contribution in [0.2, 0.25) is 0 Å². The van der Waals surface area contributed by atoms with Crippen LogP contribution in [0.3, 0.4) is 0 Å². The minimum Gasteiger partial charge on any atom is -0.325 e. The molecule has 0 saturated carbocycles. The molecule has 0 fully saturated rings. The number of carbonyl (C=O) groups is 2. The number of thiophene rings is 1. The molecule has 1 unspecified atom stereocenters. The van der Waals surface area contributed by atoms with Crippen LogP contribution in [-0.4, -0.2) is 37.0 Å². The van der Waals surface area contributed by atoms with Gasteiger partial charge >= 0.3 is 0 Å². The van der Waals surface area contributed by atoms with Gasteiger partial charge in [-0.3, -0.25) is 14.0 Å². The fourth-order valence-corrected chi connectivity index (χ4v) is 6.38. The molecular weight excluding hydrogens is 442 g/mol. The molecule has 1 aliphatic carbocycles. The van der Waals surface area contributed by atoms with Gasteiger partial charge < -0.3 is 5.32 Å². The second-order valence-corrected chi connectivity index (χ2v) is 10.3. The Labute approximate surface area is 193 Å². The molecule has 1 aliphatic rings. The summed E-state index contributed by atoms with van der Waals surface area (Å²) in [7, 11) is 0. The van der Waals surface area contributed by atoms with E-state index in [4.69, 9.17) is 4.98 Å². The molecule has 9 heteroatoms. The second-order valence-electron chi connectivity index (χ2n) is 8.30. The number of Topliss-reactive ketones (excluding diaryl/α,β-unsaturated/α-hetero) is 1. The van der Waals surface area contributed by atoms with Crippen molar-refractivity contribution in [1.82, 2.24) is 19.6 Å². The van der Waals surface area contributed by atoms with Crippen molar-refractivity contribution in [3.05, 3.63) is 46.1 Å². The lowest BCUT2D eigenvalue weighted by atomic mass is 9.89. The Kier molecular flexibility index (Phi) is 5.46. The number of ketones is 1. The van der Waals surface area contributed by atoms with E-state index in [1.54, 1.807) is 35.6 Å². The largest absolute Gasteiger partial charge is 0.325 e. The number of nitrogens with zero attached hydrogens (tertiary/aromatic N) is 4. The van der Waals surface area contributed by atoms with E-state index in [0.29, 0.717) is 22.3 Å². The molecule has 0 saturated heterocycles. The highest BCUT2D eigenvalue weighted by molar-refractivity contribution is 7.99. The average Bonchev–Trinajstić information content (AvgIpc) is 3.33. The molecule has 3 heterocycles. The zero-order chi connectivity index (χ0) is 22.4. The van der Waals surface area contributed by atoms with Gasteiger partial charge in [0.15, 0.2) is 16.6 Å². The van der Waals surface area contributed by atoms with Gasteiger partial charge in [0.25, 0.3) is 0 Å². The first kappa shape index (κ1) is 21.1. The van der Waals surface area contributed by atoms with Crippen LogP contribution in [0.4, 0.5) is 5.69 Å². The summed E-state index contributed by atoms with van der Waals surface area (Å²) in [6, 6.07) is 6.88. The van der Waals surface area contributed by atoms with E-state index in [1.165, 1.54) is 35.5 Å². The first-order chi connectivity index (χ1) is 15.4. The number of hydrogen-bond acceptors (Lipinski definition) is 7. The first-order valence-electron chi connectivity index (χ1n) is 10.6. The van der Waals surface area contributed by atoms with Crippen molar-refractivity contribution in [2.24, 2.45) is 5.92 Å². The topological polar surface area (TPSA) is 89.2 Å². The van der Waals surface area contributed by atoms with Gasteiger partial charge in [-0.25, -0.2) is 4.98 Å². The molecule has 1 N–H and O–H groups in total. The van der Waals surface area contributed by atoms with E-state index < -0.39 is 0 Å². The Bertz CT molecular complexity index is 1360. The number of thioether (sulfide) groups is 1. The van der Waals surface area contributed by atoms with E-state index >= 15 is 0 Å². The van der Waals surface area contributed by atoms with E-state index in [2.05, 4.69) is 22.4 Å². The van der Waals surface area contributed by atoms with Gasteiger partial charge in [0.1, 0.15) is 10.7 Å². The van der Waals surface area contributed by atoms with Crippen molar-refractivity contribution in [3.8, 4) is 0 Å². The third kappa shape index (κ3) is 3.80. The standard InChI is InChI=1S/C23H23N5O2S2/c1-12-4-9-17-18(10-12)32-22-20(17)21-26-27-23(28(21)14(3)24-22)31-11-19(30)25-16-7-5-15(6-8-16)13(2)29/h5-8,12H,4,9-11H2,1-3H3,(H,25,30). The van der Waals surface area contributed by atoms with Crippen LogP contribution in [0.15, 0.2) is 29.4 Å². The number of hydrogen-bond donors (Lipinski definition) is 1. The van der Waals surface area contributed by atoms with Crippen molar-refractivity contribution in [1.29, 1.82) is 0 Å². The SMILES string of the molecule is CC(=O)c1ccc(NC(=O)CSc2nnc3c4c5c(sc4nc(C)n23)CC(C)CC5)cc1. The molecule has 0 spiro atoms. The lowest BCUT2D eigenvalue weighted by Crippen LogP contribution is -2.14. The summed E-state index contributed by atoms with van der Waals surface area (Å²) in [5.41, 5.74) is 3.48. The van der Waals surface area contributed by atoms with E-state index in [9.17, 15) is 9.59 Å². The minimum atomic E-state index is -0.143. The lowest BCUT2D eigenvalue weighted by Gasteiger charge is -2.17. The average molecular weight is 466 g/mol. The van der Waals surface area contributed by atoms with Crippen molar-refractivity contribution in [3.63, 3.8) is 0 Å². The molecule has 3 aromatic heterocycles. The number of anilines is 1. The van der Waals surface area contributed by atoms with Crippen LogP contribution in [0, 0.1) is 12.8 Å². The summed E-state index contributed by atoms with van der Waals surface area (Å²) in [6.07, 6.45) is 3.34. The molecular formula is C23H23N5O2S2. The van der Waals surface area contributed by atoms with E-state index in [-0.39, 0.29) is 17.4 Å². The normalized spacial score (nSPS) is 15.8. The Hall–Kier alpha value is -2.78. The van der Waals surface area contributed by atoms with Crippen LogP contribution in [0.25, 0.3) is 15.9 Å². The molecule has 4 aromatic rings. The number of benzene rings is 1. The summed E-state index contributed by atoms with van der Waals surface area (Å²) < 4.78 is 1.97. The van der Waals surface area contributed by atoms with Crippen molar-refractivity contribution < 1.29 is 9.59 Å². The van der Waals surface area contributed by atoms with Crippen LogP contribution in [-0.2, 0) is 17.6 Å². The molecule has 1 aromatic carbocycles. The molecule has 164 valence electrons. The third-order valence-corrected chi connectivity index (χ3v) is 7.92. The smallest absolute Gasteiger partial charge is 0.234 e. The number of aromatic nitrogens is 4. The monoisotopic (exact) mass is 465 g/mol. The van der Waals surface area contributed by atoms with Crippen molar-refractivity contribution in [2.75, 3.05) is 11.1 Å². The highest BCUT2D eigenvalue weighted by Crippen LogP contribution is 2.39. The number of rotatable bonds is 5. The summed E-state index contributed by atoms with van der Waals surface area (Å²) in [4.78, 5) is 31.2. The van der Waals surface area contributed by atoms with Gasteiger partial charge in [0, 0.05) is 16.1 Å². The van der Waals surface area contributed by atoms with E-state index in [0.717, 1.165) is 34.5 Å². The lowest BCUT2D eigenvalue weighted by molar-refractivity contribution is -0.113. The minimum absolute atomic E-state index is 0.00314. The fraction of sp³-hybridized carbons (Fsp3) is 0.348. The summed E-state index contributed by atoms with van der Waals surface area (Å²) >= 11 is 3.12. The Morgan fingerprint density at radius 3 is 2.78 bits per heavy atom. The van der Waals surface area contributed by atoms with Crippen LogP contribution in [0.1, 0.15) is 46.9 Å². The first-order valence-corrected chi connectivity index (χ1v) is 12.4. The summed E-state index contributed by atoms with van der Waals surface area (Å²) in [5.74, 6) is 1.58. The van der Waals surface area contributed by atoms with Gasteiger partial charge in [0.2, 0.25) is 5.91 Å². The quantitative estimate of drug-likeness (QED) is 0.339. The predicted molar refractivity (Wildman–Crippen MR) is 128 cm³/mol. The molecule has 1 amide bonds. The zero-order valence-electron chi connectivity index (χ0n) is 18.1. The molecule has 0 radical (unpaired) electrons. The molecule has 5 rings (SSSR count). The van der Waals surface area contributed by atoms with Crippen LogP contribution >= 0.6 is 23.1 Å². The van der Waals surface area contributed by atoms with Gasteiger partial charge in [0.05, 0.1) is 11.1 Å². The molecule has 0 aliphatic heterocycles. The summed E-state index contributed by atoms with van der Waals surface area (Å²) in [6.45, 7) is 5.78. The van der Waals surface area contributed by atoms with Gasteiger partial charge in [-0.1, -0.05) is 18.7 Å². The maximum atomic E-state index is 12.5. The Balaban J connectivity index is 1.37.